The van der Waals surface area contributed by atoms with Crippen LogP contribution in [-0.4, -0.2) is 28.2 Å². The molecule has 9 heteroatoms. The van der Waals surface area contributed by atoms with Gasteiger partial charge in [-0.1, -0.05) is 24.3 Å². The highest BCUT2D eigenvalue weighted by Gasteiger charge is 2.10. The fraction of sp³-hybridized carbons (Fsp3) is 0. The van der Waals surface area contributed by atoms with Crippen LogP contribution in [0.15, 0.2) is 106 Å². The Bertz CT molecular complexity index is 1560. The topological polar surface area (TPSA) is 86.6 Å². The normalized spacial score (nSPS) is 12.6. The smallest absolute Gasteiger partial charge is 0.383 e. The van der Waals surface area contributed by atoms with Gasteiger partial charge in [0.05, 0.1) is 21.1 Å². The third-order valence-electron chi connectivity index (χ3n) is 5.71. The van der Waals surface area contributed by atoms with Gasteiger partial charge in [0.15, 0.2) is 0 Å². The molecule has 6 aromatic rings. The Balaban J connectivity index is 1.33. The molecule has 0 fully saturated rings. The fourth-order valence-electron chi connectivity index (χ4n) is 3.99. The van der Waals surface area contributed by atoms with Gasteiger partial charge in [-0.3, -0.25) is 0 Å². The molecule has 169 valence electrons. The number of hydrogen-bond donors (Lipinski definition) is 2. The molecule has 1 radical (unpaired) electrons. The van der Waals surface area contributed by atoms with Gasteiger partial charge in [0.1, 0.15) is 11.7 Å². The highest BCUT2D eigenvalue weighted by Crippen LogP contribution is 2.26. The third kappa shape index (κ3) is 4.27. The summed E-state index contributed by atoms with van der Waals surface area (Å²) in [6.07, 6.45) is 4.09. The van der Waals surface area contributed by atoms with Crippen molar-refractivity contribution in [3.05, 3.63) is 106 Å². The van der Waals surface area contributed by atoms with Gasteiger partial charge >= 0.3 is 7.55 Å². The molecular formula is C26H20BN6S2. The first-order valence-electron chi connectivity index (χ1n) is 11.0. The number of rotatable bonds is 6. The number of benzene rings is 2. The molecule has 0 amide bonds. The Morgan fingerprint density at radius 3 is 1.57 bits per heavy atom. The monoisotopic (exact) mass is 491 g/mol. The van der Waals surface area contributed by atoms with Gasteiger partial charge in [-0.25, -0.2) is 9.98 Å². The second-order valence-corrected chi connectivity index (χ2v) is 9.89. The molecule has 0 unspecified atom stereocenters. The summed E-state index contributed by atoms with van der Waals surface area (Å²) in [5.74, 6) is 1.04. The van der Waals surface area contributed by atoms with Crippen molar-refractivity contribution < 1.29 is 0 Å². The Labute approximate surface area is 210 Å². The van der Waals surface area contributed by atoms with Crippen LogP contribution in [0.5, 0.6) is 0 Å². The van der Waals surface area contributed by atoms with Crippen molar-refractivity contribution in [1.29, 1.82) is 0 Å². The van der Waals surface area contributed by atoms with Crippen molar-refractivity contribution in [1.82, 2.24) is 8.96 Å². The fourth-order valence-corrected chi connectivity index (χ4v) is 5.24. The Kier molecular flexibility index (Phi) is 5.48. The first-order chi connectivity index (χ1) is 17.1. The first kappa shape index (κ1) is 21.5. The number of aliphatic imine (C=N–C) groups is 2. The van der Waals surface area contributed by atoms with E-state index in [0.717, 1.165) is 42.9 Å². The second-order valence-electron chi connectivity index (χ2n) is 8.00. The first-order valence-corrected chi connectivity index (χ1v) is 12.7. The van der Waals surface area contributed by atoms with E-state index in [2.05, 4.69) is 62.9 Å². The van der Waals surface area contributed by atoms with Gasteiger partial charge in [-0.05, 0) is 82.5 Å². The predicted octanol–water partition coefficient (Wildman–Crippen LogP) is 5.72. The van der Waals surface area contributed by atoms with Crippen LogP contribution < -0.4 is 11.5 Å². The third-order valence-corrected chi connectivity index (χ3v) is 7.49. The van der Waals surface area contributed by atoms with Crippen molar-refractivity contribution in [2.24, 2.45) is 21.5 Å². The lowest BCUT2D eigenvalue weighted by Crippen LogP contribution is -2.14. The Hall–Kier alpha value is -4.08. The van der Waals surface area contributed by atoms with Crippen LogP contribution >= 0.6 is 22.7 Å². The lowest BCUT2D eigenvalue weighted by Gasteiger charge is -2.08. The van der Waals surface area contributed by atoms with Crippen LogP contribution in [0.3, 0.4) is 0 Å². The zero-order valence-corrected chi connectivity index (χ0v) is 20.2. The number of fused-ring (bicyclic) bond motifs is 2. The van der Waals surface area contributed by atoms with Crippen molar-refractivity contribution in [3.8, 4) is 0 Å². The zero-order chi connectivity index (χ0) is 23.8. The predicted molar refractivity (Wildman–Crippen MR) is 150 cm³/mol. The minimum atomic E-state index is 0.521. The van der Waals surface area contributed by atoms with E-state index >= 15 is 0 Å². The number of nitrogens with zero attached hydrogens (tertiary/aromatic N) is 4. The lowest BCUT2D eigenvalue weighted by atomic mass is 10.1. The summed E-state index contributed by atoms with van der Waals surface area (Å²) in [6, 6.07) is 24.3. The number of amidine groups is 2. The van der Waals surface area contributed by atoms with E-state index in [1.165, 1.54) is 0 Å². The summed E-state index contributed by atoms with van der Waals surface area (Å²) in [4.78, 5) is 11.2. The highest BCUT2D eigenvalue weighted by atomic mass is 32.1. The van der Waals surface area contributed by atoms with Crippen LogP contribution in [0.25, 0.3) is 21.8 Å². The Morgan fingerprint density at radius 2 is 1.14 bits per heavy atom. The van der Waals surface area contributed by atoms with E-state index in [1.807, 2.05) is 59.6 Å². The molecule has 35 heavy (non-hydrogen) atoms. The molecule has 0 saturated heterocycles. The molecule has 0 saturated carbocycles. The van der Waals surface area contributed by atoms with Gasteiger partial charge in [0.25, 0.3) is 0 Å². The quantitative estimate of drug-likeness (QED) is 0.177. The molecule has 0 aliphatic carbocycles. The maximum absolute atomic E-state index is 6.20. The molecule has 0 bridgehead atoms. The van der Waals surface area contributed by atoms with Gasteiger partial charge < -0.3 is 20.4 Å². The zero-order valence-electron chi connectivity index (χ0n) is 18.6. The Morgan fingerprint density at radius 1 is 0.657 bits per heavy atom. The lowest BCUT2D eigenvalue weighted by molar-refractivity contribution is 1.17. The van der Waals surface area contributed by atoms with E-state index < -0.39 is 0 Å². The SMILES string of the molecule is NC(=Nc1ccc2ccn([B]n3ccc4ccc(N=C(N)c5cccs5)cc43)c2c1)c1cccs1. The van der Waals surface area contributed by atoms with E-state index in [0.29, 0.717) is 11.7 Å². The standard InChI is InChI=1S/C26H20BN6S2/c28-25(23-3-1-13-34-23)30-19-7-5-17-9-11-32(21(17)15-19)27-33-12-10-18-6-8-20(16-22(18)33)31-26(29)24-4-2-14-35-24/h1-16H,(H2,28,30)(H2,29,31). The minimum absolute atomic E-state index is 0.521. The summed E-state index contributed by atoms with van der Waals surface area (Å²) in [6.45, 7) is 0. The molecule has 2 aromatic carbocycles. The molecule has 6 rings (SSSR count). The van der Waals surface area contributed by atoms with E-state index in [-0.39, 0.29) is 0 Å². The molecule has 0 aliphatic rings. The molecule has 4 aromatic heterocycles. The summed E-state index contributed by atoms with van der Waals surface area (Å²) < 4.78 is 4.18. The van der Waals surface area contributed by atoms with Crippen molar-refractivity contribution in [2.75, 3.05) is 0 Å². The summed E-state index contributed by atoms with van der Waals surface area (Å²) in [7, 11) is 2.05. The summed E-state index contributed by atoms with van der Waals surface area (Å²) >= 11 is 3.16. The molecule has 0 spiro atoms. The summed E-state index contributed by atoms with van der Waals surface area (Å²) in [5, 5.41) is 6.24. The average molecular weight is 491 g/mol. The van der Waals surface area contributed by atoms with Crippen LogP contribution in [0.2, 0.25) is 0 Å². The molecular weight excluding hydrogens is 471 g/mol. The minimum Gasteiger partial charge on any atom is -0.383 e. The van der Waals surface area contributed by atoms with Crippen molar-refractivity contribution in [2.45, 2.75) is 0 Å². The molecule has 4 heterocycles. The van der Waals surface area contributed by atoms with Gasteiger partial charge in [0, 0.05) is 11.0 Å². The van der Waals surface area contributed by atoms with Crippen molar-refractivity contribution >= 4 is 75.1 Å². The van der Waals surface area contributed by atoms with Gasteiger partial charge in [-0.15, -0.1) is 22.7 Å². The maximum Gasteiger partial charge on any atom is 0.400 e. The number of thiophene rings is 2. The maximum atomic E-state index is 6.20. The van der Waals surface area contributed by atoms with Crippen molar-refractivity contribution in [3.63, 3.8) is 0 Å². The number of aromatic nitrogens is 2. The molecule has 0 atom stereocenters. The average Bonchev–Trinajstić information content (AvgIpc) is 3.67. The highest BCUT2D eigenvalue weighted by molar-refractivity contribution is 7.12. The number of nitrogens with two attached hydrogens (primary N) is 2. The van der Waals surface area contributed by atoms with Gasteiger partial charge in [0.2, 0.25) is 0 Å². The molecule has 6 nitrogen and oxygen atoms in total. The van der Waals surface area contributed by atoms with E-state index in [1.54, 1.807) is 22.7 Å². The van der Waals surface area contributed by atoms with Gasteiger partial charge in [-0.2, -0.15) is 0 Å². The van der Waals surface area contributed by atoms with Crippen LogP contribution in [0.4, 0.5) is 11.4 Å². The van der Waals surface area contributed by atoms with E-state index in [9.17, 15) is 0 Å². The van der Waals surface area contributed by atoms with E-state index in [4.69, 9.17) is 11.5 Å². The number of hydrogen-bond acceptors (Lipinski definition) is 4. The van der Waals surface area contributed by atoms with Crippen LogP contribution in [0, 0.1) is 0 Å². The van der Waals surface area contributed by atoms with Crippen LogP contribution in [-0.2, 0) is 0 Å². The van der Waals surface area contributed by atoms with Crippen LogP contribution in [0.1, 0.15) is 9.75 Å². The molecule has 0 aliphatic heterocycles. The summed E-state index contributed by atoms with van der Waals surface area (Å²) in [5.41, 5.74) is 16.1. The largest absolute Gasteiger partial charge is 0.400 e. The molecule has 4 N–H and O–H groups in total. The second kappa shape index (κ2) is 8.94.